The van der Waals surface area contributed by atoms with E-state index < -0.39 is 0 Å². The topological polar surface area (TPSA) is 13.1 Å². The second-order valence-electron chi connectivity index (χ2n) is 3.93. The first-order valence-corrected chi connectivity index (χ1v) is 9.36. The Morgan fingerprint density at radius 3 is 2.00 bits per heavy atom. The van der Waals surface area contributed by atoms with Crippen molar-refractivity contribution < 1.29 is 4.42 Å². The molecule has 0 saturated heterocycles. The predicted octanol–water partition coefficient (Wildman–Crippen LogP) is 8.60. The minimum Gasteiger partial charge on any atom is -0.453 e. The van der Waals surface area contributed by atoms with Crippen LogP contribution < -0.4 is 0 Å². The van der Waals surface area contributed by atoms with Gasteiger partial charge in [-0.1, -0.05) is 34.8 Å². The van der Waals surface area contributed by atoms with E-state index >= 15 is 0 Å². The Balaban J connectivity index is 2.67. The molecule has 0 spiro atoms. The van der Waals surface area contributed by atoms with E-state index in [-0.39, 0.29) is 5.02 Å². The molecule has 1 nitrogen and oxygen atoms in total. The standard InChI is InChI=1S/C12HBr4Cl3O/c13-5-4-2-1-3(17)9(18)10(19)11(2)20-12(4)8(16)7(15)6(5)14/h1H. The summed E-state index contributed by atoms with van der Waals surface area (Å²) in [5.74, 6) is 0. The molecule has 0 aliphatic carbocycles. The molecule has 0 aliphatic heterocycles. The van der Waals surface area contributed by atoms with Crippen LogP contribution in [0.2, 0.25) is 15.1 Å². The summed E-state index contributed by atoms with van der Waals surface area (Å²) in [7, 11) is 0. The van der Waals surface area contributed by atoms with E-state index in [1.807, 2.05) is 0 Å². The molecule has 2 aromatic carbocycles. The minimum absolute atomic E-state index is 0.283. The van der Waals surface area contributed by atoms with Gasteiger partial charge in [-0.15, -0.1) is 0 Å². The van der Waals surface area contributed by atoms with Crippen LogP contribution in [0.15, 0.2) is 28.4 Å². The van der Waals surface area contributed by atoms with Crippen molar-refractivity contribution >= 4 is 120 Å². The van der Waals surface area contributed by atoms with E-state index in [9.17, 15) is 0 Å². The first kappa shape index (κ1) is 15.9. The Hall–Kier alpha value is 1.03. The molecule has 0 radical (unpaired) electrons. The zero-order chi connectivity index (χ0) is 14.8. The highest BCUT2D eigenvalue weighted by molar-refractivity contribution is 9.15. The lowest BCUT2D eigenvalue weighted by atomic mass is 10.1. The van der Waals surface area contributed by atoms with Gasteiger partial charge in [-0.05, 0) is 69.8 Å². The largest absolute Gasteiger partial charge is 0.453 e. The van der Waals surface area contributed by atoms with Crippen LogP contribution in [0.3, 0.4) is 0 Å². The molecule has 3 rings (SSSR count). The van der Waals surface area contributed by atoms with Gasteiger partial charge in [0.1, 0.15) is 5.02 Å². The molecule has 1 aromatic heterocycles. The number of hydrogen-bond donors (Lipinski definition) is 0. The van der Waals surface area contributed by atoms with Crippen LogP contribution in [0.4, 0.5) is 0 Å². The Kier molecular flexibility index (Phi) is 4.44. The Morgan fingerprint density at radius 1 is 0.750 bits per heavy atom. The monoisotopic (exact) mass is 582 g/mol. The van der Waals surface area contributed by atoms with E-state index in [2.05, 4.69) is 63.7 Å². The number of benzene rings is 2. The smallest absolute Gasteiger partial charge is 0.155 e. The van der Waals surface area contributed by atoms with Crippen LogP contribution in [0.25, 0.3) is 21.9 Å². The van der Waals surface area contributed by atoms with Crippen molar-refractivity contribution in [1.29, 1.82) is 0 Å². The lowest BCUT2D eigenvalue weighted by Crippen LogP contribution is -1.79. The zero-order valence-corrected chi connectivity index (χ0v) is 17.7. The average molecular weight is 587 g/mol. The van der Waals surface area contributed by atoms with Gasteiger partial charge in [0.2, 0.25) is 0 Å². The molecule has 0 aliphatic rings. The maximum atomic E-state index is 6.22. The van der Waals surface area contributed by atoms with Gasteiger partial charge < -0.3 is 4.42 Å². The highest BCUT2D eigenvalue weighted by Crippen LogP contribution is 2.49. The molecule has 0 atom stereocenters. The first-order chi connectivity index (χ1) is 9.34. The fourth-order valence-electron chi connectivity index (χ4n) is 1.91. The number of furan rings is 1. The van der Waals surface area contributed by atoms with Gasteiger partial charge in [0, 0.05) is 19.7 Å². The van der Waals surface area contributed by atoms with E-state index in [0.717, 1.165) is 28.7 Å². The Labute approximate surface area is 162 Å². The number of halogens is 7. The zero-order valence-electron chi connectivity index (χ0n) is 9.13. The molecule has 8 heteroatoms. The van der Waals surface area contributed by atoms with Crippen LogP contribution in [0, 0.1) is 0 Å². The van der Waals surface area contributed by atoms with Crippen LogP contribution >= 0.6 is 98.5 Å². The summed E-state index contributed by atoms with van der Waals surface area (Å²) in [6.45, 7) is 0. The summed E-state index contributed by atoms with van der Waals surface area (Å²) in [5.41, 5.74) is 1.16. The molecule has 3 aromatic rings. The molecule has 1 heterocycles. The van der Waals surface area contributed by atoms with Crippen LogP contribution in [0.5, 0.6) is 0 Å². The van der Waals surface area contributed by atoms with Crippen molar-refractivity contribution in [3.05, 3.63) is 39.0 Å². The number of fused-ring (bicyclic) bond motifs is 3. The van der Waals surface area contributed by atoms with Gasteiger partial charge in [0.05, 0.1) is 19.0 Å². The summed E-state index contributed by atoms with van der Waals surface area (Å²) in [4.78, 5) is 0. The van der Waals surface area contributed by atoms with E-state index in [1.54, 1.807) is 6.07 Å². The van der Waals surface area contributed by atoms with Crippen molar-refractivity contribution in [3.8, 4) is 0 Å². The third kappa shape index (κ3) is 2.20. The van der Waals surface area contributed by atoms with Gasteiger partial charge in [0.15, 0.2) is 11.2 Å². The van der Waals surface area contributed by atoms with Crippen LogP contribution in [0.1, 0.15) is 0 Å². The van der Waals surface area contributed by atoms with Crippen molar-refractivity contribution in [3.63, 3.8) is 0 Å². The normalized spacial score (nSPS) is 11.8. The van der Waals surface area contributed by atoms with Crippen molar-refractivity contribution in [2.24, 2.45) is 0 Å². The molecule has 104 valence electrons. The summed E-state index contributed by atoms with van der Waals surface area (Å²) in [5, 5.41) is 2.62. The lowest BCUT2D eigenvalue weighted by Gasteiger charge is -2.04. The van der Waals surface area contributed by atoms with Gasteiger partial charge >= 0.3 is 0 Å². The maximum absolute atomic E-state index is 6.22. The van der Waals surface area contributed by atoms with Crippen molar-refractivity contribution in [1.82, 2.24) is 0 Å². The van der Waals surface area contributed by atoms with Gasteiger partial charge in [-0.3, -0.25) is 0 Å². The van der Waals surface area contributed by atoms with Crippen molar-refractivity contribution in [2.45, 2.75) is 0 Å². The molecular weight excluding hydrogens is 586 g/mol. The average Bonchev–Trinajstić information content (AvgIpc) is 2.80. The molecule has 0 unspecified atom stereocenters. The highest BCUT2D eigenvalue weighted by Gasteiger charge is 2.22. The van der Waals surface area contributed by atoms with Gasteiger partial charge in [-0.25, -0.2) is 0 Å². The van der Waals surface area contributed by atoms with Crippen molar-refractivity contribution in [2.75, 3.05) is 0 Å². The molecular formula is C12HBr4Cl3O. The summed E-state index contributed by atoms with van der Waals surface area (Å²) < 4.78 is 9.19. The molecule has 20 heavy (non-hydrogen) atoms. The minimum atomic E-state index is 0.283. The quantitative estimate of drug-likeness (QED) is 0.190. The fourth-order valence-corrected chi connectivity index (χ4v) is 4.92. The maximum Gasteiger partial charge on any atom is 0.155 e. The SMILES string of the molecule is Clc1cc2c(oc3c(Br)c(Br)c(Br)c(Br)c32)c(Cl)c1Cl. The fraction of sp³-hybridized carbons (Fsp3) is 0. The third-order valence-electron chi connectivity index (χ3n) is 2.81. The highest BCUT2D eigenvalue weighted by atomic mass is 79.9. The molecule has 0 saturated carbocycles. The van der Waals surface area contributed by atoms with E-state index in [1.165, 1.54) is 0 Å². The number of rotatable bonds is 0. The van der Waals surface area contributed by atoms with Crippen LogP contribution in [-0.2, 0) is 0 Å². The summed E-state index contributed by atoms with van der Waals surface area (Å²) in [6, 6.07) is 1.74. The molecule has 0 amide bonds. The van der Waals surface area contributed by atoms with Gasteiger partial charge in [-0.2, -0.15) is 0 Å². The lowest BCUT2D eigenvalue weighted by molar-refractivity contribution is 0.666. The second kappa shape index (κ2) is 5.59. The second-order valence-corrected chi connectivity index (χ2v) is 8.26. The molecule has 0 bridgehead atoms. The predicted molar refractivity (Wildman–Crippen MR) is 99.6 cm³/mol. The summed E-state index contributed by atoms with van der Waals surface area (Å²) in [6.07, 6.45) is 0. The third-order valence-corrected chi connectivity index (χ3v) is 8.79. The first-order valence-electron chi connectivity index (χ1n) is 5.06. The molecule has 0 N–H and O–H groups in total. The van der Waals surface area contributed by atoms with E-state index in [4.69, 9.17) is 39.2 Å². The van der Waals surface area contributed by atoms with Gasteiger partial charge in [0.25, 0.3) is 0 Å². The number of hydrogen-bond acceptors (Lipinski definition) is 1. The Bertz CT molecular complexity index is 888. The molecule has 0 fully saturated rings. The Morgan fingerprint density at radius 2 is 1.35 bits per heavy atom. The summed E-state index contributed by atoms with van der Waals surface area (Å²) >= 11 is 32.5. The van der Waals surface area contributed by atoms with Crippen LogP contribution in [-0.4, -0.2) is 0 Å². The van der Waals surface area contributed by atoms with E-state index in [0.29, 0.717) is 21.2 Å².